The van der Waals surface area contributed by atoms with Gasteiger partial charge in [0.05, 0.1) is 19.7 Å². The van der Waals surface area contributed by atoms with E-state index in [2.05, 4.69) is 10.1 Å². The fourth-order valence-electron chi connectivity index (χ4n) is 1.60. The van der Waals surface area contributed by atoms with Crippen LogP contribution >= 0.6 is 0 Å². The number of methoxy groups -OCH3 is 1. The Hall–Kier alpha value is -2.15. The second-order valence-corrected chi connectivity index (χ2v) is 5.10. The fraction of sp³-hybridized carbons (Fsp3) is 0.467. The predicted octanol–water partition coefficient (Wildman–Crippen LogP) is 0.846. The number of halogens is 1. The van der Waals surface area contributed by atoms with Crippen LogP contribution in [0.4, 0.5) is 4.39 Å². The third-order valence-electron chi connectivity index (χ3n) is 3.04. The summed E-state index contributed by atoms with van der Waals surface area (Å²) in [7, 11) is 1.21. The molecule has 1 unspecified atom stereocenters. The Balaban J connectivity index is 2.67. The van der Waals surface area contributed by atoms with Crippen molar-refractivity contribution in [2.75, 3.05) is 13.7 Å². The number of hydrogen-bond donors (Lipinski definition) is 2. The Morgan fingerprint density at radius 2 is 1.86 bits per heavy atom. The molecule has 0 aliphatic heterocycles. The van der Waals surface area contributed by atoms with Crippen molar-refractivity contribution in [3.05, 3.63) is 30.1 Å². The van der Waals surface area contributed by atoms with Gasteiger partial charge in [-0.25, -0.2) is 9.18 Å². The lowest BCUT2D eigenvalue weighted by atomic mass is 10.1. The Labute approximate surface area is 128 Å². The van der Waals surface area contributed by atoms with Crippen molar-refractivity contribution < 1.29 is 23.5 Å². The van der Waals surface area contributed by atoms with Gasteiger partial charge in [-0.15, -0.1) is 0 Å². The van der Waals surface area contributed by atoms with Gasteiger partial charge in [0, 0.05) is 0 Å². The number of amides is 1. The first kappa shape index (κ1) is 17.9. The lowest BCUT2D eigenvalue weighted by Gasteiger charge is -2.20. The Kier molecular flexibility index (Phi) is 6.78. The molecule has 6 nitrogen and oxygen atoms in total. The van der Waals surface area contributed by atoms with E-state index in [0.717, 1.165) is 0 Å². The second kappa shape index (κ2) is 8.33. The summed E-state index contributed by atoms with van der Waals surface area (Å²) < 4.78 is 22.9. The van der Waals surface area contributed by atoms with Crippen molar-refractivity contribution >= 4 is 11.9 Å². The van der Waals surface area contributed by atoms with E-state index in [4.69, 9.17) is 10.5 Å². The van der Waals surface area contributed by atoms with E-state index in [1.54, 1.807) is 0 Å². The van der Waals surface area contributed by atoms with E-state index in [1.165, 1.54) is 31.4 Å². The topological polar surface area (TPSA) is 90.7 Å². The molecule has 0 aliphatic carbocycles. The third kappa shape index (κ3) is 5.33. The average molecular weight is 312 g/mol. The number of benzene rings is 1. The van der Waals surface area contributed by atoms with Gasteiger partial charge in [0.2, 0.25) is 12.0 Å². The molecular weight excluding hydrogens is 291 g/mol. The molecular formula is C15H21FN2O4. The summed E-state index contributed by atoms with van der Waals surface area (Å²) in [6.45, 7) is 3.54. The number of carbonyl (C=O) groups excluding carboxylic acids is 2. The van der Waals surface area contributed by atoms with Crippen LogP contribution in [0.1, 0.15) is 13.8 Å². The van der Waals surface area contributed by atoms with Gasteiger partial charge in [-0.05, 0) is 30.2 Å². The van der Waals surface area contributed by atoms with Crippen LogP contribution in [0.15, 0.2) is 24.3 Å². The first-order valence-electron chi connectivity index (χ1n) is 6.88. The highest BCUT2D eigenvalue weighted by atomic mass is 19.1. The van der Waals surface area contributed by atoms with Crippen molar-refractivity contribution in [1.29, 1.82) is 0 Å². The molecule has 1 aromatic carbocycles. The number of nitrogens with one attached hydrogen (secondary N) is 1. The van der Waals surface area contributed by atoms with Crippen molar-refractivity contribution in [3.8, 4) is 5.75 Å². The number of hydrogen-bond acceptors (Lipinski definition) is 5. The predicted molar refractivity (Wildman–Crippen MR) is 78.7 cm³/mol. The number of nitrogens with two attached hydrogens (primary N) is 1. The minimum atomic E-state index is -1.04. The molecule has 0 spiro atoms. The molecule has 1 amide bonds. The van der Waals surface area contributed by atoms with Gasteiger partial charge in [-0.1, -0.05) is 13.8 Å². The minimum Gasteiger partial charge on any atom is -0.477 e. The van der Waals surface area contributed by atoms with Crippen LogP contribution in [-0.2, 0) is 14.3 Å². The molecule has 122 valence electrons. The molecule has 3 N–H and O–H groups in total. The Bertz CT molecular complexity index is 505. The second-order valence-electron chi connectivity index (χ2n) is 5.10. The molecule has 22 heavy (non-hydrogen) atoms. The Morgan fingerprint density at radius 3 is 2.36 bits per heavy atom. The number of rotatable bonds is 7. The molecule has 0 bridgehead atoms. The fourth-order valence-corrected chi connectivity index (χ4v) is 1.60. The van der Waals surface area contributed by atoms with Crippen LogP contribution < -0.4 is 15.8 Å². The maximum Gasteiger partial charge on any atom is 0.348 e. The zero-order chi connectivity index (χ0) is 16.7. The lowest BCUT2D eigenvalue weighted by Crippen LogP contribution is -2.48. The monoisotopic (exact) mass is 312 g/mol. The number of esters is 1. The molecule has 0 saturated carbocycles. The van der Waals surface area contributed by atoms with Gasteiger partial charge >= 0.3 is 5.97 Å². The zero-order valence-corrected chi connectivity index (χ0v) is 12.8. The average Bonchev–Trinajstić information content (AvgIpc) is 2.51. The molecule has 1 rings (SSSR count). The van der Waals surface area contributed by atoms with Gasteiger partial charge in [0.15, 0.2) is 0 Å². The summed E-state index contributed by atoms with van der Waals surface area (Å²) in [5.74, 6) is -1.19. The van der Waals surface area contributed by atoms with E-state index in [-0.39, 0.29) is 18.4 Å². The van der Waals surface area contributed by atoms with Crippen molar-refractivity contribution in [3.63, 3.8) is 0 Å². The van der Waals surface area contributed by atoms with E-state index in [0.29, 0.717) is 5.75 Å². The summed E-state index contributed by atoms with van der Waals surface area (Å²) in [5, 5.41) is 2.55. The van der Waals surface area contributed by atoms with E-state index < -0.39 is 23.9 Å². The maximum atomic E-state index is 12.8. The quantitative estimate of drug-likeness (QED) is 0.728. The molecule has 0 heterocycles. The summed E-state index contributed by atoms with van der Waals surface area (Å²) in [5.41, 5.74) is 5.71. The van der Waals surface area contributed by atoms with Crippen LogP contribution in [0.25, 0.3) is 0 Å². The molecule has 0 aromatic heterocycles. The first-order chi connectivity index (χ1) is 10.3. The van der Waals surface area contributed by atoms with Crippen molar-refractivity contribution in [1.82, 2.24) is 5.32 Å². The van der Waals surface area contributed by atoms with Crippen LogP contribution in [0.5, 0.6) is 5.75 Å². The lowest BCUT2D eigenvalue weighted by molar-refractivity contribution is -0.148. The molecule has 0 fully saturated rings. The Morgan fingerprint density at radius 1 is 1.27 bits per heavy atom. The van der Waals surface area contributed by atoms with Gasteiger partial charge in [0.25, 0.3) is 0 Å². The number of ether oxygens (including phenoxy) is 2. The largest absolute Gasteiger partial charge is 0.477 e. The van der Waals surface area contributed by atoms with Crippen LogP contribution in [-0.4, -0.2) is 37.7 Å². The smallest absolute Gasteiger partial charge is 0.348 e. The summed E-state index contributed by atoms with van der Waals surface area (Å²) in [4.78, 5) is 23.5. The first-order valence-corrected chi connectivity index (χ1v) is 6.88. The van der Waals surface area contributed by atoms with E-state index in [9.17, 15) is 14.0 Å². The van der Waals surface area contributed by atoms with Gasteiger partial charge in [0.1, 0.15) is 11.6 Å². The molecule has 7 heteroatoms. The molecule has 1 aromatic rings. The molecule has 2 atom stereocenters. The van der Waals surface area contributed by atoms with E-state index >= 15 is 0 Å². The van der Waals surface area contributed by atoms with Crippen molar-refractivity contribution in [2.45, 2.75) is 26.0 Å². The highest BCUT2D eigenvalue weighted by Gasteiger charge is 2.24. The van der Waals surface area contributed by atoms with Gasteiger partial charge in [-0.3, -0.25) is 4.79 Å². The van der Waals surface area contributed by atoms with E-state index in [1.807, 2.05) is 13.8 Å². The van der Waals surface area contributed by atoms with Crippen LogP contribution in [0.2, 0.25) is 0 Å². The minimum absolute atomic E-state index is 0.0328. The third-order valence-corrected chi connectivity index (χ3v) is 3.04. The molecule has 0 radical (unpaired) electrons. The maximum absolute atomic E-state index is 12.8. The van der Waals surface area contributed by atoms with Crippen LogP contribution in [0.3, 0.4) is 0 Å². The van der Waals surface area contributed by atoms with Crippen LogP contribution in [0, 0.1) is 11.7 Å². The van der Waals surface area contributed by atoms with Gasteiger partial charge in [-0.2, -0.15) is 0 Å². The SMILES string of the molecule is COC(=O)C(CNC(=O)[C@@H](N)C(C)C)Oc1ccc(F)cc1. The summed E-state index contributed by atoms with van der Waals surface area (Å²) in [6.07, 6.45) is -1.04. The summed E-state index contributed by atoms with van der Waals surface area (Å²) >= 11 is 0. The molecule has 0 saturated heterocycles. The van der Waals surface area contributed by atoms with Gasteiger partial charge < -0.3 is 20.5 Å². The highest BCUT2D eigenvalue weighted by Crippen LogP contribution is 2.13. The standard InChI is InChI=1S/C15H21FN2O4/c1-9(2)13(17)14(19)18-8-12(15(20)21-3)22-11-6-4-10(16)5-7-11/h4-7,9,12-13H,8,17H2,1-3H3,(H,18,19)/t12?,13-/m0/s1. The van der Waals surface area contributed by atoms with Crippen molar-refractivity contribution in [2.24, 2.45) is 11.7 Å². The summed E-state index contributed by atoms with van der Waals surface area (Å²) in [6, 6.07) is 4.50. The zero-order valence-electron chi connectivity index (χ0n) is 12.8. The highest BCUT2D eigenvalue weighted by molar-refractivity contribution is 5.83. The number of carbonyl (C=O) groups is 2. The normalized spacial score (nSPS) is 13.4. The molecule has 0 aliphatic rings.